The second-order valence-electron chi connectivity index (χ2n) is 5.43. The van der Waals surface area contributed by atoms with E-state index in [0.29, 0.717) is 12.1 Å². The molecule has 0 heterocycles. The predicted molar refractivity (Wildman–Crippen MR) is 93.7 cm³/mol. The Labute approximate surface area is 142 Å². The van der Waals surface area contributed by atoms with Gasteiger partial charge in [0.05, 0.1) is 24.6 Å². The van der Waals surface area contributed by atoms with Crippen molar-refractivity contribution in [2.24, 2.45) is 0 Å². The first-order valence-electron chi connectivity index (χ1n) is 7.25. The van der Waals surface area contributed by atoms with E-state index in [1.165, 1.54) is 4.90 Å². The van der Waals surface area contributed by atoms with E-state index in [4.69, 9.17) is 4.74 Å². The van der Waals surface area contributed by atoms with Gasteiger partial charge in [0.15, 0.2) is 0 Å². The summed E-state index contributed by atoms with van der Waals surface area (Å²) in [5.41, 5.74) is 1.52. The van der Waals surface area contributed by atoms with Gasteiger partial charge in [-0.3, -0.25) is 9.52 Å². The molecule has 2 rings (SSSR count). The SMILES string of the molecule is COc1ccc(CN(C)C(=O)c2ccccc2NS(C)(=O)=O)cc1. The minimum Gasteiger partial charge on any atom is -0.497 e. The molecule has 0 bridgehead atoms. The minimum absolute atomic E-state index is 0.266. The molecule has 0 saturated carbocycles. The minimum atomic E-state index is -3.46. The molecule has 7 heteroatoms. The lowest BCUT2D eigenvalue weighted by molar-refractivity contribution is 0.0786. The van der Waals surface area contributed by atoms with Crippen LogP contribution in [-0.4, -0.2) is 39.6 Å². The van der Waals surface area contributed by atoms with Gasteiger partial charge in [0.25, 0.3) is 5.91 Å². The standard InChI is InChI=1S/C17H20N2O4S/c1-19(12-13-8-10-14(23-2)11-9-13)17(20)15-6-4-5-7-16(15)18-24(3,21)22/h4-11,18H,12H2,1-3H3. The Bertz CT molecular complexity index is 817. The summed E-state index contributed by atoms with van der Waals surface area (Å²) in [4.78, 5) is 14.2. The molecule has 0 aliphatic rings. The summed E-state index contributed by atoms with van der Waals surface area (Å²) >= 11 is 0. The van der Waals surface area contributed by atoms with Crippen LogP contribution in [0.4, 0.5) is 5.69 Å². The smallest absolute Gasteiger partial charge is 0.256 e. The van der Waals surface area contributed by atoms with E-state index in [-0.39, 0.29) is 11.6 Å². The number of anilines is 1. The highest BCUT2D eigenvalue weighted by Gasteiger charge is 2.17. The van der Waals surface area contributed by atoms with Crippen LogP contribution in [0, 0.1) is 0 Å². The quantitative estimate of drug-likeness (QED) is 0.869. The van der Waals surface area contributed by atoms with Crippen molar-refractivity contribution >= 4 is 21.6 Å². The lowest BCUT2D eigenvalue weighted by Crippen LogP contribution is -2.27. The molecular formula is C17H20N2O4S. The van der Waals surface area contributed by atoms with Gasteiger partial charge in [-0.1, -0.05) is 24.3 Å². The normalized spacial score (nSPS) is 11.0. The van der Waals surface area contributed by atoms with Crippen LogP contribution in [0.1, 0.15) is 15.9 Å². The second kappa shape index (κ2) is 7.35. The van der Waals surface area contributed by atoms with Crippen molar-refractivity contribution in [2.45, 2.75) is 6.54 Å². The van der Waals surface area contributed by atoms with Crippen LogP contribution < -0.4 is 9.46 Å². The molecule has 0 atom stereocenters. The number of hydrogen-bond acceptors (Lipinski definition) is 4. The van der Waals surface area contributed by atoms with Gasteiger partial charge >= 0.3 is 0 Å². The monoisotopic (exact) mass is 348 g/mol. The number of carbonyl (C=O) groups is 1. The molecule has 0 aliphatic carbocycles. The van der Waals surface area contributed by atoms with Gasteiger partial charge in [0.2, 0.25) is 10.0 Å². The van der Waals surface area contributed by atoms with Crippen molar-refractivity contribution < 1.29 is 17.9 Å². The molecule has 0 fully saturated rings. The highest BCUT2D eigenvalue weighted by atomic mass is 32.2. The van der Waals surface area contributed by atoms with E-state index >= 15 is 0 Å². The summed E-state index contributed by atoms with van der Waals surface area (Å²) in [6.45, 7) is 0.399. The first-order valence-corrected chi connectivity index (χ1v) is 9.14. The second-order valence-corrected chi connectivity index (χ2v) is 7.18. The zero-order valence-electron chi connectivity index (χ0n) is 13.8. The topological polar surface area (TPSA) is 75.7 Å². The van der Waals surface area contributed by atoms with Crippen molar-refractivity contribution in [1.82, 2.24) is 4.90 Å². The number of carbonyl (C=O) groups excluding carboxylic acids is 1. The zero-order valence-corrected chi connectivity index (χ0v) is 14.6. The third-order valence-corrected chi connectivity index (χ3v) is 3.97. The number of para-hydroxylation sites is 1. The number of amides is 1. The number of methoxy groups -OCH3 is 1. The van der Waals surface area contributed by atoms with E-state index in [2.05, 4.69) is 4.72 Å². The van der Waals surface area contributed by atoms with Crippen LogP contribution in [0.5, 0.6) is 5.75 Å². The number of rotatable bonds is 6. The molecule has 2 aromatic carbocycles. The van der Waals surface area contributed by atoms with Crippen LogP contribution in [0.15, 0.2) is 48.5 Å². The first-order chi connectivity index (χ1) is 11.3. The van der Waals surface area contributed by atoms with Gasteiger partial charge in [-0.25, -0.2) is 8.42 Å². The largest absolute Gasteiger partial charge is 0.497 e. The van der Waals surface area contributed by atoms with Crippen molar-refractivity contribution in [3.63, 3.8) is 0 Å². The molecule has 1 N–H and O–H groups in total. The molecule has 24 heavy (non-hydrogen) atoms. The van der Waals surface area contributed by atoms with Gasteiger partial charge in [-0.15, -0.1) is 0 Å². The lowest BCUT2D eigenvalue weighted by atomic mass is 10.1. The Balaban J connectivity index is 2.18. The van der Waals surface area contributed by atoms with Crippen molar-refractivity contribution in [1.29, 1.82) is 0 Å². The summed E-state index contributed by atoms with van der Waals surface area (Å²) in [7, 11) is -0.196. The fraction of sp³-hybridized carbons (Fsp3) is 0.235. The summed E-state index contributed by atoms with van der Waals surface area (Å²) in [5, 5.41) is 0. The number of benzene rings is 2. The van der Waals surface area contributed by atoms with Crippen molar-refractivity contribution in [2.75, 3.05) is 25.1 Å². The number of nitrogens with zero attached hydrogens (tertiary/aromatic N) is 1. The highest BCUT2D eigenvalue weighted by Crippen LogP contribution is 2.19. The van der Waals surface area contributed by atoms with Crippen LogP contribution in [-0.2, 0) is 16.6 Å². The number of ether oxygens (including phenoxy) is 1. The van der Waals surface area contributed by atoms with E-state index in [9.17, 15) is 13.2 Å². The number of nitrogens with one attached hydrogen (secondary N) is 1. The Morgan fingerprint density at radius 3 is 2.33 bits per heavy atom. The average Bonchev–Trinajstić information content (AvgIpc) is 2.54. The molecule has 2 aromatic rings. The Morgan fingerprint density at radius 2 is 1.75 bits per heavy atom. The summed E-state index contributed by atoms with van der Waals surface area (Å²) in [5.74, 6) is 0.480. The number of sulfonamides is 1. The Hall–Kier alpha value is -2.54. The molecule has 6 nitrogen and oxygen atoms in total. The maximum atomic E-state index is 12.6. The molecule has 0 spiro atoms. The van der Waals surface area contributed by atoms with Gasteiger partial charge in [0, 0.05) is 13.6 Å². The zero-order chi connectivity index (χ0) is 17.7. The molecule has 0 saturated heterocycles. The Kier molecular flexibility index (Phi) is 5.46. The lowest BCUT2D eigenvalue weighted by Gasteiger charge is -2.19. The van der Waals surface area contributed by atoms with Gasteiger partial charge < -0.3 is 9.64 Å². The molecule has 0 unspecified atom stereocenters. The van der Waals surface area contributed by atoms with Gasteiger partial charge in [0.1, 0.15) is 5.75 Å². The van der Waals surface area contributed by atoms with Crippen LogP contribution in [0.25, 0.3) is 0 Å². The van der Waals surface area contributed by atoms with Gasteiger partial charge in [-0.2, -0.15) is 0 Å². The highest BCUT2D eigenvalue weighted by molar-refractivity contribution is 7.92. The fourth-order valence-corrected chi connectivity index (χ4v) is 2.82. The summed E-state index contributed by atoms with van der Waals surface area (Å²) in [6.07, 6.45) is 1.05. The van der Waals surface area contributed by atoms with E-state index < -0.39 is 10.0 Å². The molecular weight excluding hydrogens is 328 g/mol. The fourth-order valence-electron chi connectivity index (χ4n) is 2.24. The molecule has 1 amide bonds. The average molecular weight is 348 g/mol. The molecule has 0 radical (unpaired) electrons. The maximum Gasteiger partial charge on any atom is 0.256 e. The van der Waals surface area contributed by atoms with E-state index in [1.54, 1.807) is 38.4 Å². The van der Waals surface area contributed by atoms with E-state index in [1.807, 2.05) is 24.3 Å². The van der Waals surface area contributed by atoms with Crippen LogP contribution >= 0.6 is 0 Å². The molecule has 0 aliphatic heterocycles. The van der Waals surface area contributed by atoms with E-state index in [0.717, 1.165) is 17.6 Å². The molecule has 0 aromatic heterocycles. The van der Waals surface area contributed by atoms with Crippen LogP contribution in [0.3, 0.4) is 0 Å². The van der Waals surface area contributed by atoms with Gasteiger partial charge in [-0.05, 0) is 29.8 Å². The first kappa shape index (κ1) is 17.8. The van der Waals surface area contributed by atoms with Crippen molar-refractivity contribution in [3.05, 3.63) is 59.7 Å². The number of hydrogen-bond donors (Lipinski definition) is 1. The molecule has 128 valence electrons. The third-order valence-electron chi connectivity index (χ3n) is 3.38. The maximum absolute atomic E-state index is 12.6. The summed E-state index contributed by atoms with van der Waals surface area (Å²) < 4.78 is 30.4. The predicted octanol–water partition coefficient (Wildman–Crippen LogP) is 2.34. The third kappa shape index (κ3) is 4.73. The Morgan fingerprint density at radius 1 is 1.12 bits per heavy atom. The summed E-state index contributed by atoms with van der Waals surface area (Å²) in [6, 6.07) is 13.9. The van der Waals surface area contributed by atoms with Crippen molar-refractivity contribution in [3.8, 4) is 5.75 Å². The van der Waals surface area contributed by atoms with Crippen LogP contribution in [0.2, 0.25) is 0 Å².